The summed E-state index contributed by atoms with van der Waals surface area (Å²) in [6.07, 6.45) is 2.81. The molecule has 0 bridgehead atoms. The van der Waals surface area contributed by atoms with Crippen LogP contribution in [-0.4, -0.2) is 180 Å². The van der Waals surface area contributed by atoms with Crippen molar-refractivity contribution in [1.82, 2.24) is 39.5 Å². The molecule has 8 aliphatic heterocycles. The number of methoxy groups -OCH3 is 1. The Bertz CT molecular complexity index is 4310. The molecule has 8 aliphatic rings. The van der Waals surface area contributed by atoms with Gasteiger partial charge in [-0.25, -0.2) is 22.0 Å². The first-order valence-electron chi connectivity index (χ1n) is 33.6. The van der Waals surface area contributed by atoms with Gasteiger partial charge in [0.05, 0.1) is 89.3 Å². The van der Waals surface area contributed by atoms with Crippen LogP contribution < -0.4 is 29.1 Å². The second-order valence-electron chi connectivity index (χ2n) is 28.6. The lowest BCUT2D eigenvalue weighted by atomic mass is 9.82. The zero-order valence-electron chi connectivity index (χ0n) is 55.1. The number of benzene rings is 4. The van der Waals surface area contributed by atoms with Gasteiger partial charge in [-0.2, -0.15) is 30.5 Å². The number of aromatic nitrogens is 4. The Kier molecular flexibility index (Phi) is 18.1. The molecule has 10 heterocycles. The third kappa shape index (κ3) is 12.2. The summed E-state index contributed by atoms with van der Waals surface area (Å²) in [4.78, 5) is 62.2. The number of hydrogen-bond acceptors (Lipinski definition) is 17. The molecule has 0 radical (unpaired) electrons. The molecule has 6 aromatic rings. The van der Waals surface area contributed by atoms with Gasteiger partial charge in [-0.15, -0.1) is 0 Å². The molecule has 5 unspecified atom stereocenters. The number of ether oxygens (including phenoxy) is 3. The van der Waals surface area contributed by atoms with Gasteiger partial charge in [0.2, 0.25) is 0 Å². The van der Waals surface area contributed by atoms with E-state index < -0.39 is 64.4 Å². The molecule has 2 amide bonds. The number of alkyl halides is 1. The molecule has 2 aromatic heterocycles. The number of carbonyl (C=O) groups is 2. The molecule has 6 saturated heterocycles. The van der Waals surface area contributed by atoms with Gasteiger partial charge in [-0.1, -0.05) is 80.5 Å². The van der Waals surface area contributed by atoms with Crippen LogP contribution in [0.2, 0.25) is 10.0 Å². The third-order valence-corrected chi connectivity index (χ3v) is 22.5. The fourth-order valence-corrected chi connectivity index (χ4v) is 18.2. The van der Waals surface area contributed by atoms with E-state index in [1.807, 2.05) is 46.2 Å². The fourth-order valence-electron chi connectivity index (χ4n) is 17.7. The summed E-state index contributed by atoms with van der Waals surface area (Å²) < 4.78 is 95.8. The Morgan fingerprint density at radius 2 is 1.27 bits per heavy atom. The number of carbonyl (C=O) groups excluding carboxylic acids is 2. The molecule has 514 valence electrons. The summed E-state index contributed by atoms with van der Waals surface area (Å²) in [5.74, 6) is -3.84. The monoisotopic (exact) mass is 1380 g/mol. The molecule has 6 fully saturated rings. The van der Waals surface area contributed by atoms with E-state index >= 15 is 13.2 Å². The summed E-state index contributed by atoms with van der Waals surface area (Å²) >= 11 is 13.9. The standard InChI is InChI=1S/C72H77Cl2F5N14O5/c1-42(75)66(94)91-26-24-88(33-47(91)15-20-80)64-50-17-22-86(58-10-6-8-45-12-13-53(78)62(73)60(45)58)35-55(50)82-68(84-64)97-40-71-19-14-57(93(71)31-44(29-71)37-96-5)52-28-54(79)63(74)61-49(52)9-7-11-59(61)87-23-18-51-56(36-87)83-69(98-41-72-30-46(77)32-90(72)39-70(3,4)38-72)85-65(51)89-25-27-92(67(95)43(2)76)48(34-89)16-21-81/h6-13,28,44,46-48,57H,1-2,14-19,22-27,29-41H2,3-5H3/t44?,46?,47-,48-,57?,71?,72?/m0/s1. The van der Waals surface area contributed by atoms with Crippen LogP contribution in [0, 0.1) is 45.6 Å². The molecule has 26 heteroatoms. The smallest absolute Gasteiger partial charge is 0.318 e. The molecule has 7 atom stereocenters. The SMILES string of the molecule is C=C(F)C(=O)N1CCN(c2nc(OCC34CCC(c5cc(F)c(Cl)c6c(N7CCc8c(nc(OCC9%10CC(F)CN9CC(C)(C)C%10)nc8N8CCN(C(=O)C(=C)F)[C@@H](CC#N)C8)C7)cccc56)N3CC(COC)C4)nc3c2CCN(c2cccc4ccc(F)c(Cl)c24)C3)C[C@@H]1CC#N. The number of amides is 2. The highest BCUT2D eigenvalue weighted by Crippen LogP contribution is 2.54. The third-order valence-electron chi connectivity index (χ3n) is 21.7. The van der Waals surface area contributed by atoms with Crippen molar-refractivity contribution < 1.29 is 45.8 Å². The highest BCUT2D eigenvalue weighted by atomic mass is 35.5. The molecule has 0 spiro atoms. The summed E-state index contributed by atoms with van der Waals surface area (Å²) in [5.41, 5.74) is 3.93. The predicted octanol–water partition coefficient (Wildman–Crippen LogP) is 11.3. The number of nitriles is 2. The molecule has 98 heavy (non-hydrogen) atoms. The minimum atomic E-state index is -1.11. The van der Waals surface area contributed by atoms with Crippen LogP contribution in [0.3, 0.4) is 0 Å². The van der Waals surface area contributed by atoms with E-state index in [9.17, 15) is 28.9 Å². The maximum Gasteiger partial charge on any atom is 0.318 e. The van der Waals surface area contributed by atoms with E-state index in [4.69, 9.17) is 57.3 Å². The van der Waals surface area contributed by atoms with E-state index in [-0.39, 0.29) is 118 Å². The van der Waals surface area contributed by atoms with Gasteiger partial charge in [-0.05, 0) is 90.5 Å². The molecule has 0 N–H and O–H groups in total. The van der Waals surface area contributed by atoms with Gasteiger partial charge in [-0.3, -0.25) is 19.4 Å². The summed E-state index contributed by atoms with van der Waals surface area (Å²) in [6.45, 7) is 15.8. The quantitative estimate of drug-likeness (QED) is 0.0619. The zero-order chi connectivity index (χ0) is 68.7. The lowest BCUT2D eigenvalue weighted by molar-refractivity contribution is -0.132. The number of hydrogen-bond donors (Lipinski definition) is 0. The largest absolute Gasteiger partial charge is 0.461 e. The second kappa shape index (κ2) is 26.5. The topological polar surface area (TPSA) is 187 Å². The van der Waals surface area contributed by atoms with Gasteiger partial charge >= 0.3 is 12.0 Å². The number of nitrogens with zero attached hydrogens (tertiary/aromatic N) is 14. The van der Waals surface area contributed by atoms with Crippen molar-refractivity contribution in [2.24, 2.45) is 11.3 Å². The number of piperazine rings is 2. The van der Waals surface area contributed by atoms with Crippen molar-refractivity contribution in [2.75, 3.05) is 119 Å². The van der Waals surface area contributed by atoms with Crippen molar-refractivity contribution in [2.45, 2.75) is 120 Å². The van der Waals surface area contributed by atoms with Crippen LogP contribution in [0.1, 0.15) is 92.9 Å². The maximum absolute atomic E-state index is 17.1. The molecular formula is C72H77Cl2F5N14O5. The molecule has 0 saturated carbocycles. The summed E-state index contributed by atoms with van der Waals surface area (Å²) in [5, 5.41) is 22.5. The predicted molar refractivity (Wildman–Crippen MR) is 362 cm³/mol. The summed E-state index contributed by atoms with van der Waals surface area (Å²) in [6, 6.07) is 19.1. The lowest BCUT2D eigenvalue weighted by Gasteiger charge is -2.42. The van der Waals surface area contributed by atoms with Crippen molar-refractivity contribution in [3.05, 3.63) is 129 Å². The van der Waals surface area contributed by atoms with E-state index in [1.54, 1.807) is 19.2 Å². The number of fused-ring (bicyclic) bond motifs is 6. The minimum Gasteiger partial charge on any atom is -0.461 e. The number of rotatable bonds is 17. The first kappa shape index (κ1) is 67.1. The van der Waals surface area contributed by atoms with Crippen LogP contribution >= 0.6 is 23.2 Å². The van der Waals surface area contributed by atoms with E-state index in [0.717, 1.165) is 46.1 Å². The first-order valence-corrected chi connectivity index (χ1v) is 34.4. The number of anilines is 4. The van der Waals surface area contributed by atoms with Gasteiger partial charge in [0.1, 0.15) is 42.7 Å². The lowest BCUT2D eigenvalue weighted by Crippen LogP contribution is -2.55. The summed E-state index contributed by atoms with van der Waals surface area (Å²) in [7, 11) is 1.68. The molecule has 14 rings (SSSR count). The van der Waals surface area contributed by atoms with Crippen molar-refractivity contribution in [3.8, 4) is 24.2 Å². The van der Waals surface area contributed by atoms with E-state index in [1.165, 1.54) is 15.9 Å². The maximum atomic E-state index is 17.1. The second-order valence-corrected chi connectivity index (χ2v) is 29.3. The Morgan fingerprint density at radius 1 is 0.694 bits per heavy atom. The Balaban J connectivity index is 0.781. The average molecular weight is 1380 g/mol. The Hall–Kier alpha value is -8.13. The number of halogens is 7. The molecule has 19 nitrogen and oxygen atoms in total. The van der Waals surface area contributed by atoms with E-state index in [2.05, 4.69) is 58.7 Å². The normalized spacial score (nSPS) is 25.3. The fraction of sp³-hybridized carbons (Fsp3) is 0.500. The Labute approximate surface area is 575 Å². The van der Waals surface area contributed by atoms with Gasteiger partial charge < -0.3 is 43.6 Å². The van der Waals surface area contributed by atoms with Crippen LogP contribution in [-0.2, 0) is 40.3 Å². The van der Waals surface area contributed by atoms with Crippen LogP contribution in [0.15, 0.2) is 79.4 Å². The van der Waals surface area contributed by atoms with Crippen LogP contribution in [0.5, 0.6) is 12.0 Å². The first-order chi connectivity index (χ1) is 47.1. The van der Waals surface area contributed by atoms with E-state index in [0.29, 0.717) is 111 Å². The van der Waals surface area contributed by atoms with Crippen molar-refractivity contribution in [1.29, 1.82) is 10.5 Å². The Morgan fingerprint density at radius 3 is 1.85 bits per heavy atom. The average Bonchev–Trinajstić information content (AvgIpc) is 1.49. The molecule has 4 aromatic carbocycles. The van der Waals surface area contributed by atoms with Crippen LogP contribution in [0.4, 0.5) is 45.0 Å². The highest BCUT2D eigenvalue weighted by molar-refractivity contribution is 6.37. The van der Waals surface area contributed by atoms with Gasteiger partial charge in [0, 0.05) is 125 Å². The molecular weight excluding hydrogens is 1310 g/mol. The van der Waals surface area contributed by atoms with Crippen LogP contribution in [0.25, 0.3) is 21.5 Å². The molecule has 0 aliphatic carbocycles. The van der Waals surface area contributed by atoms with Gasteiger partial charge in [0.15, 0.2) is 11.7 Å². The van der Waals surface area contributed by atoms with Crippen molar-refractivity contribution >= 4 is 79.6 Å². The highest BCUT2D eigenvalue weighted by Gasteiger charge is 2.56. The van der Waals surface area contributed by atoms with Gasteiger partial charge in [0.25, 0.3) is 11.8 Å². The minimum absolute atomic E-state index is 0.0144. The zero-order valence-corrected chi connectivity index (χ0v) is 56.6. The van der Waals surface area contributed by atoms with Crippen molar-refractivity contribution in [3.63, 3.8) is 0 Å².